The number of hydrogen-bond acceptors (Lipinski definition) is 3. The van der Waals surface area contributed by atoms with Crippen LogP contribution in [0.4, 0.5) is 0 Å². The van der Waals surface area contributed by atoms with E-state index in [0.29, 0.717) is 12.1 Å². The molecule has 1 N–H and O–H groups in total. The van der Waals surface area contributed by atoms with Crippen molar-refractivity contribution in [3.8, 4) is 5.75 Å². The van der Waals surface area contributed by atoms with Crippen LogP contribution in [0.25, 0.3) is 0 Å². The van der Waals surface area contributed by atoms with Crippen LogP contribution in [0.3, 0.4) is 0 Å². The Hall–Kier alpha value is -0.580. The Labute approximate surface area is 129 Å². The van der Waals surface area contributed by atoms with E-state index in [1.807, 2.05) is 6.07 Å². The quantitative estimate of drug-likeness (QED) is 0.822. The zero-order valence-corrected chi connectivity index (χ0v) is 13.3. The molecule has 1 heterocycles. The Morgan fingerprint density at radius 2 is 2.20 bits per heavy atom. The highest BCUT2D eigenvalue weighted by Gasteiger charge is 2.21. The molecule has 0 radical (unpaired) electrons. The summed E-state index contributed by atoms with van der Waals surface area (Å²) in [6.45, 7) is 2.53. The van der Waals surface area contributed by atoms with Gasteiger partial charge >= 0.3 is 0 Å². The van der Waals surface area contributed by atoms with E-state index in [0.717, 1.165) is 36.4 Å². The van der Waals surface area contributed by atoms with Gasteiger partial charge in [0.25, 0.3) is 0 Å². The maximum absolute atomic E-state index is 6.02. The van der Waals surface area contributed by atoms with E-state index in [4.69, 9.17) is 9.47 Å². The predicted molar refractivity (Wildman–Crippen MR) is 83.1 cm³/mol. The Bertz CT molecular complexity index is 442. The van der Waals surface area contributed by atoms with Crippen molar-refractivity contribution in [3.05, 3.63) is 28.2 Å². The largest absolute Gasteiger partial charge is 0.492 e. The van der Waals surface area contributed by atoms with Crippen molar-refractivity contribution >= 4 is 15.9 Å². The molecule has 1 saturated carbocycles. The van der Waals surface area contributed by atoms with Gasteiger partial charge in [0.05, 0.1) is 17.2 Å². The van der Waals surface area contributed by atoms with Gasteiger partial charge in [-0.15, -0.1) is 0 Å². The van der Waals surface area contributed by atoms with E-state index in [1.165, 1.54) is 31.2 Å². The normalized spacial score (nSPS) is 22.1. The highest BCUT2D eigenvalue weighted by Crippen LogP contribution is 2.30. The third kappa shape index (κ3) is 3.96. The van der Waals surface area contributed by atoms with Crippen LogP contribution in [0.1, 0.15) is 37.7 Å². The Morgan fingerprint density at radius 3 is 2.95 bits per heavy atom. The van der Waals surface area contributed by atoms with Gasteiger partial charge in [-0.2, -0.15) is 0 Å². The Balaban J connectivity index is 1.54. The number of hydrogen-bond donors (Lipinski definition) is 1. The fourth-order valence-electron chi connectivity index (χ4n) is 2.56. The molecular weight excluding hydrogens is 318 g/mol. The monoisotopic (exact) mass is 339 g/mol. The van der Waals surface area contributed by atoms with E-state index in [9.17, 15) is 0 Å². The summed E-state index contributed by atoms with van der Waals surface area (Å²) in [4.78, 5) is 0. The minimum absolute atomic E-state index is 0.394. The number of benzene rings is 1. The van der Waals surface area contributed by atoms with Gasteiger partial charge in [-0.1, -0.05) is 12.1 Å². The van der Waals surface area contributed by atoms with Gasteiger partial charge in [0.15, 0.2) is 0 Å². The lowest BCUT2D eigenvalue weighted by molar-refractivity contribution is 0.0901. The van der Waals surface area contributed by atoms with Gasteiger partial charge in [-0.3, -0.25) is 0 Å². The van der Waals surface area contributed by atoms with Gasteiger partial charge < -0.3 is 14.8 Å². The second-order valence-electron chi connectivity index (χ2n) is 5.66. The first-order valence-electron chi connectivity index (χ1n) is 7.58. The van der Waals surface area contributed by atoms with E-state index < -0.39 is 0 Å². The van der Waals surface area contributed by atoms with Crippen LogP contribution in [0, 0.1) is 0 Å². The summed E-state index contributed by atoms with van der Waals surface area (Å²) >= 11 is 3.60. The standard InChI is InChI=1S/C16H22BrNO2/c17-15-5-1-3-12(11-18-13-6-7-13)16(15)20-10-8-14-4-2-9-19-14/h1,3,5,13-14,18H,2,4,6-11H2. The van der Waals surface area contributed by atoms with E-state index in [-0.39, 0.29) is 0 Å². The molecule has 1 aromatic rings. The first kappa shape index (κ1) is 14.4. The van der Waals surface area contributed by atoms with Crippen molar-refractivity contribution < 1.29 is 9.47 Å². The topological polar surface area (TPSA) is 30.5 Å². The lowest BCUT2D eigenvalue weighted by Gasteiger charge is -2.15. The van der Waals surface area contributed by atoms with Gasteiger partial charge in [0.2, 0.25) is 0 Å². The lowest BCUT2D eigenvalue weighted by Crippen LogP contribution is -2.17. The summed E-state index contributed by atoms with van der Waals surface area (Å²) in [5, 5.41) is 3.55. The fraction of sp³-hybridized carbons (Fsp3) is 0.625. The van der Waals surface area contributed by atoms with Crippen molar-refractivity contribution in [2.75, 3.05) is 13.2 Å². The number of ether oxygens (including phenoxy) is 2. The first-order valence-corrected chi connectivity index (χ1v) is 8.37. The molecule has 4 heteroatoms. The molecule has 1 saturated heterocycles. The van der Waals surface area contributed by atoms with Crippen molar-refractivity contribution in [2.45, 2.75) is 50.8 Å². The molecule has 1 atom stereocenters. The summed E-state index contributed by atoms with van der Waals surface area (Å²) in [5.74, 6) is 0.985. The minimum Gasteiger partial charge on any atom is -0.492 e. The zero-order valence-electron chi connectivity index (χ0n) is 11.7. The summed E-state index contributed by atoms with van der Waals surface area (Å²) in [6.07, 6.45) is 6.36. The van der Waals surface area contributed by atoms with Crippen LogP contribution in [-0.2, 0) is 11.3 Å². The van der Waals surface area contributed by atoms with Crippen LogP contribution in [0.2, 0.25) is 0 Å². The lowest BCUT2D eigenvalue weighted by atomic mass is 10.2. The highest BCUT2D eigenvalue weighted by atomic mass is 79.9. The maximum Gasteiger partial charge on any atom is 0.137 e. The van der Waals surface area contributed by atoms with Crippen LogP contribution in [-0.4, -0.2) is 25.4 Å². The molecule has 0 amide bonds. The molecule has 0 spiro atoms. The molecule has 0 bridgehead atoms. The molecule has 1 aromatic carbocycles. The Kier molecular flexibility index (Phi) is 4.97. The number of halogens is 1. The summed E-state index contributed by atoms with van der Waals surface area (Å²) in [7, 11) is 0. The number of nitrogens with one attached hydrogen (secondary N) is 1. The second kappa shape index (κ2) is 6.92. The maximum atomic E-state index is 6.02. The van der Waals surface area contributed by atoms with Crippen LogP contribution in [0.15, 0.2) is 22.7 Å². The molecule has 1 unspecified atom stereocenters. The first-order chi connectivity index (χ1) is 9.83. The molecule has 3 rings (SSSR count). The Morgan fingerprint density at radius 1 is 1.30 bits per heavy atom. The smallest absolute Gasteiger partial charge is 0.137 e. The number of para-hydroxylation sites is 1. The third-order valence-corrected chi connectivity index (χ3v) is 4.54. The third-order valence-electron chi connectivity index (χ3n) is 3.92. The summed E-state index contributed by atoms with van der Waals surface area (Å²) < 4.78 is 12.7. The van der Waals surface area contributed by atoms with Gasteiger partial charge in [-0.05, 0) is 47.7 Å². The molecule has 3 nitrogen and oxygen atoms in total. The van der Waals surface area contributed by atoms with Gasteiger partial charge in [0, 0.05) is 31.2 Å². The van der Waals surface area contributed by atoms with E-state index in [2.05, 4.69) is 33.4 Å². The average Bonchev–Trinajstić information content (AvgIpc) is 3.14. The molecule has 1 aliphatic heterocycles. The molecule has 2 aliphatic rings. The molecule has 110 valence electrons. The summed E-state index contributed by atoms with van der Waals surface area (Å²) in [6, 6.07) is 6.97. The number of rotatable bonds is 7. The van der Waals surface area contributed by atoms with Crippen LogP contribution in [0.5, 0.6) is 5.75 Å². The van der Waals surface area contributed by atoms with Crippen LogP contribution >= 0.6 is 15.9 Å². The van der Waals surface area contributed by atoms with E-state index in [1.54, 1.807) is 0 Å². The van der Waals surface area contributed by atoms with Crippen LogP contribution < -0.4 is 10.1 Å². The molecule has 20 heavy (non-hydrogen) atoms. The van der Waals surface area contributed by atoms with Crippen molar-refractivity contribution in [1.82, 2.24) is 5.32 Å². The molecular formula is C16H22BrNO2. The van der Waals surface area contributed by atoms with Crippen molar-refractivity contribution in [3.63, 3.8) is 0 Å². The molecule has 0 aromatic heterocycles. The minimum atomic E-state index is 0.394. The SMILES string of the molecule is Brc1cccc(CNC2CC2)c1OCCC1CCCO1. The molecule has 1 aliphatic carbocycles. The van der Waals surface area contributed by atoms with Gasteiger partial charge in [-0.25, -0.2) is 0 Å². The highest BCUT2D eigenvalue weighted by molar-refractivity contribution is 9.10. The van der Waals surface area contributed by atoms with E-state index >= 15 is 0 Å². The second-order valence-corrected chi connectivity index (χ2v) is 6.51. The van der Waals surface area contributed by atoms with Crippen molar-refractivity contribution in [2.24, 2.45) is 0 Å². The summed E-state index contributed by atoms with van der Waals surface area (Å²) in [5.41, 5.74) is 1.23. The predicted octanol–water partition coefficient (Wildman–Crippen LogP) is 3.65. The van der Waals surface area contributed by atoms with Crippen molar-refractivity contribution in [1.29, 1.82) is 0 Å². The van der Waals surface area contributed by atoms with Gasteiger partial charge in [0.1, 0.15) is 5.75 Å². The fourth-order valence-corrected chi connectivity index (χ4v) is 3.08. The average molecular weight is 340 g/mol. The molecule has 2 fully saturated rings. The zero-order chi connectivity index (χ0) is 13.8.